The highest BCUT2D eigenvalue weighted by molar-refractivity contribution is 6.04. The zero-order valence-electron chi connectivity index (χ0n) is 19.2. The zero-order chi connectivity index (χ0) is 23.9. The Balaban J connectivity index is 1.43. The highest BCUT2D eigenvalue weighted by Gasteiger charge is 2.50. The number of morpholine rings is 1. The molecule has 33 heavy (non-hydrogen) atoms. The number of nitrogens with two attached hydrogens (primary N) is 1. The second kappa shape index (κ2) is 9.25. The minimum absolute atomic E-state index is 0.0251. The van der Waals surface area contributed by atoms with E-state index in [1.807, 2.05) is 4.90 Å². The van der Waals surface area contributed by atoms with Crippen LogP contribution in [-0.4, -0.2) is 66.0 Å². The van der Waals surface area contributed by atoms with Gasteiger partial charge in [0.15, 0.2) is 11.6 Å². The van der Waals surface area contributed by atoms with E-state index in [9.17, 15) is 22.8 Å². The lowest BCUT2D eigenvalue weighted by atomic mass is 9.80. The SMILES string of the molecule is CC(C)(C(=O)N1CCOCC1)C(=O)N1[C@@H]2CC[C@H]1C[C@H]([C@H](N)Cc1cc(F)c(F)cc1F)C2. The molecule has 1 aromatic carbocycles. The third kappa shape index (κ3) is 4.62. The fourth-order valence-corrected chi connectivity index (χ4v) is 5.62. The van der Waals surface area contributed by atoms with Crippen molar-refractivity contribution in [1.82, 2.24) is 9.80 Å². The van der Waals surface area contributed by atoms with E-state index in [0.717, 1.165) is 18.9 Å². The molecule has 0 aromatic heterocycles. The number of halogens is 3. The monoisotopic (exact) mass is 467 g/mol. The number of hydrogen-bond acceptors (Lipinski definition) is 4. The van der Waals surface area contributed by atoms with E-state index in [1.165, 1.54) is 0 Å². The first-order valence-corrected chi connectivity index (χ1v) is 11.7. The van der Waals surface area contributed by atoms with Crippen LogP contribution in [0.3, 0.4) is 0 Å². The number of hydrogen-bond donors (Lipinski definition) is 1. The van der Waals surface area contributed by atoms with Crippen molar-refractivity contribution in [2.45, 2.75) is 64.1 Å². The fourth-order valence-electron chi connectivity index (χ4n) is 5.62. The molecule has 4 rings (SSSR count). The van der Waals surface area contributed by atoms with Crippen LogP contribution in [0.15, 0.2) is 12.1 Å². The summed E-state index contributed by atoms with van der Waals surface area (Å²) in [6.07, 6.45) is 3.07. The second-order valence-electron chi connectivity index (χ2n) is 10.1. The molecule has 0 unspecified atom stereocenters. The van der Waals surface area contributed by atoms with Gasteiger partial charge in [0.1, 0.15) is 11.2 Å². The molecule has 3 saturated heterocycles. The molecule has 1 aromatic rings. The standard InChI is InChI=1S/C24H32F3N3O3/c1-24(2,22(31)29-5-7-33-8-6-29)23(32)30-16-3-4-17(30)10-15(9-16)21(28)12-14-11-19(26)20(27)13-18(14)25/h11,13,15-17,21H,3-10,12,28H2,1-2H3/t15-,16-,17+,21-/m1/s1. The maximum Gasteiger partial charge on any atom is 0.238 e. The van der Waals surface area contributed by atoms with E-state index in [2.05, 4.69) is 0 Å². The van der Waals surface area contributed by atoms with Gasteiger partial charge < -0.3 is 20.3 Å². The Bertz CT molecular complexity index is 906. The van der Waals surface area contributed by atoms with Gasteiger partial charge in [-0.3, -0.25) is 9.59 Å². The van der Waals surface area contributed by atoms with Crippen LogP contribution < -0.4 is 5.73 Å². The molecule has 3 aliphatic rings. The van der Waals surface area contributed by atoms with Gasteiger partial charge >= 0.3 is 0 Å². The molecule has 3 fully saturated rings. The first-order chi connectivity index (χ1) is 15.6. The summed E-state index contributed by atoms with van der Waals surface area (Å²) in [5.41, 5.74) is 5.28. The van der Waals surface area contributed by atoms with Crippen molar-refractivity contribution in [2.24, 2.45) is 17.1 Å². The van der Waals surface area contributed by atoms with Gasteiger partial charge in [0, 0.05) is 37.3 Å². The smallest absolute Gasteiger partial charge is 0.238 e. The summed E-state index contributed by atoms with van der Waals surface area (Å²) in [5.74, 6) is -3.43. The third-order valence-electron chi connectivity index (χ3n) is 7.52. The van der Waals surface area contributed by atoms with Gasteiger partial charge in [-0.25, -0.2) is 13.2 Å². The molecule has 0 spiro atoms. The molecule has 3 aliphatic heterocycles. The number of piperidine rings is 1. The molecule has 2 N–H and O–H groups in total. The Kier molecular flexibility index (Phi) is 6.73. The average Bonchev–Trinajstić information content (AvgIpc) is 3.05. The molecular formula is C24H32F3N3O3. The van der Waals surface area contributed by atoms with Gasteiger partial charge in [-0.05, 0) is 63.5 Å². The highest BCUT2D eigenvalue weighted by atomic mass is 19.2. The van der Waals surface area contributed by atoms with Crippen molar-refractivity contribution in [3.63, 3.8) is 0 Å². The Hall–Kier alpha value is -2.13. The summed E-state index contributed by atoms with van der Waals surface area (Å²) in [5, 5.41) is 0. The van der Waals surface area contributed by atoms with Crippen LogP contribution >= 0.6 is 0 Å². The fraction of sp³-hybridized carbons (Fsp3) is 0.667. The van der Waals surface area contributed by atoms with E-state index in [1.54, 1.807) is 18.7 Å². The summed E-state index contributed by atoms with van der Waals surface area (Å²) in [6.45, 7) is 5.30. The molecule has 0 radical (unpaired) electrons. The van der Waals surface area contributed by atoms with Crippen molar-refractivity contribution in [3.05, 3.63) is 35.1 Å². The Morgan fingerprint density at radius 1 is 1.03 bits per heavy atom. The predicted molar refractivity (Wildman–Crippen MR) is 116 cm³/mol. The van der Waals surface area contributed by atoms with Gasteiger partial charge in [0.05, 0.1) is 13.2 Å². The molecule has 0 aliphatic carbocycles. The first-order valence-electron chi connectivity index (χ1n) is 11.7. The van der Waals surface area contributed by atoms with Crippen LogP contribution in [0, 0.1) is 28.8 Å². The van der Waals surface area contributed by atoms with E-state index in [-0.39, 0.29) is 41.8 Å². The van der Waals surface area contributed by atoms with Gasteiger partial charge in [-0.1, -0.05) is 0 Å². The maximum absolute atomic E-state index is 14.1. The van der Waals surface area contributed by atoms with E-state index < -0.39 is 28.9 Å². The van der Waals surface area contributed by atoms with Crippen LogP contribution in [0.4, 0.5) is 13.2 Å². The maximum atomic E-state index is 14.1. The van der Waals surface area contributed by atoms with Gasteiger partial charge in [0.25, 0.3) is 0 Å². The molecule has 9 heteroatoms. The summed E-state index contributed by atoms with van der Waals surface area (Å²) in [7, 11) is 0. The molecule has 4 atom stereocenters. The molecule has 0 saturated carbocycles. The number of carbonyl (C=O) groups excluding carboxylic acids is 2. The van der Waals surface area contributed by atoms with Crippen LogP contribution in [-0.2, 0) is 20.7 Å². The highest BCUT2D eigenvalue weighted by Crippen LogP contribution is 2.42. The molecular weight excluding hydrogens is 435 g/mol. The van der Waals surface area contributed by atoms with Crippen LogP contribution in [0.25, 0.3) is 0 Å². The molecule has 182 valence electrons. The topological polar surface area (TPSA) is 75.9 Å². The Labute approximate surface area is 192 Å². The number of nitrogens with zero attached hydrogens (tertiary/aromatic N) is 2. The summed E-state index contributed by atoms with van der Waals surface area (Å²) >= 11 is 0. The number of amides is 2. The summed E-state index contributed by atoms with van der Waals surface area (Å²) in [4.78, 5) is 30.2. The van der Waals surface area contributed by atoms with E-state index in [4.69, 9.17) is 10.5 Å². The summed E-state index contributed by atoms with van der Waals surface area (Å²) < 4.78 is 46.2. The lowest BCUT2D eigenvalue weighted by Crippen LogP contribution is -2.58. The average molecular weight is 468 g/mol. The first kappa shape index (κ1) is 24.0. The van der Waals surface area contributed by atoms with Crippen molar-refractivity contribution >= 4 is 11.8 Å². The van der Waals surface area contributed by atoms with Crippen LogP contribution in [0.5, 0.6) is 0 Å². The molecule has 3 heterocycles. The number of ether oxygens (including phenoxy) is 1. The molecule has 2 bridgehead atoms. The second-order valence-corrected chi connectivity index (χ2v) is 10.1. The predicted octanol–water partition coefficient (Wildman–Crippen LogP) is 2.63. The number of rotatable bonds is 5. The van der Waals surface area contributed by atoms with Gasteiger partial charge in [0.2, 0.25) is 11.8 Å². The van der Waals surface area contributed by atoms with Crippen molar-refractivity contribution in [3.8, 4) is 0 Å². The van der Waals surface area contributed by atoms with Crippen molar-refractivity contribution in [2.75, 3.05) is 26.3 Å². The van der Waals surface area contributed by atoms with E-state index >= 15 is 0 Å². The lowest BCUT2D eigenvalue weighted by molar-refractivity contribution is -0.159. The largest absolute Gasteiger partial charge is 0.378 e. The van der Waals surface area contributed by atoms with Crippen molar-refractivity contribution < 1.29 is 27.5 Å². The summed E-state index contributed by atoms with van der Waals surface area (Å²) in [6, 6.07) is 0.929. The zero-order valence-corrected chi connectivity index (χ0v) is 19.2. The van der Waals surface area contributed by atoms with E-state index in [0.29, 0.717) is 45.2 Å². The Morgan fingerprint density at radius 3 is 2.21 bits per heavy atom. The quantitative estimate of drug-likeness (QED) is 0.534. The number of fused-ring (bicyclic) bond motifs is 2. The number of carbonyl (C=O) groups is 2. The minimum atomic E-state index is -1.22. The third-order valence-corrected chi connectivity index (χ3v) is 7.52. The molecule has 6 nitrogen and oxygen atoms in total. The number of benzene rings is 1. The molecule has 2 amide bonds. The normalized spacial score (nSPS) is 26.4. The minimum Gasteiger partial charge on any atom is -0.378 e. The van der Waals surface area contributed by atoms with Crippen molar-refractivity contribution in [1.29, 1.82) is 0 Å². The van der Waals surface area contributed by atoms with Gasteiger partial charge in [-0.15, -0.1) is 0 Å². The Morgan fingerprint density at radius 2 is 1.61 bits per heavy atom. The van der Waals surface area contributed by atoms with Crippen LogP contribution in [0.1, 0.15) is 45.1 Å². The van der Waals surface area contributed by atoms with Crippen LogP contribution in [0.2, 0.25) is 0 Å². The lowest BCUT2D eigenvalue weighted by Gasteiger charge is -2.44. The van der Waals surface area contributed by atoms with Gasteiger partial charge in [-0.2, -0.15) is 0 Å².